The smallest absolute Gasteiger partial charge is 0.0620 e. The Morgan fingerprint density at radius 1 is 0.882 bits per heavy atom. The molecule has 0 N–H and O–H groups in total. The third-order valence-electron chi connectivity index (χ3n) is 3.34. The maximum atomic E-state index is 2.39. The van der Waals surface area contributed by atoms with E-state index in [0.717, 1.165) is 11.8 Å². The molecule has 1 aromatic rings. The maximum absolute atomic E-state index is 2.39. The van der Waals surface area contributed by atoms with Gasteiger partial charge in [-0.15, -0.1) is 0 Å². The van der Waals surface area contributed by atoms with Gasteiger partial charge in [0.05, 0.1) is 23.8 Å². The zero-order chi connectivity index (χ0) is 12.9. The van der Waals surface area contributed by atoms with Crippen molar-refractivity contribution in [1.82, 2.24) is 0 Å². The molecule has 0 aromatic heterocycles. The summed E-state index contributed by atoms with van der Waals surface area (Å²) in [6.07, 6.45) is 4.17. The standard InChI is InChI=1S/C16H28P/c1-6-17(12-14(2)3,13-15(4)5)16-10-8-7-9-11-16/h7-11,14-15H,6,12-13H2,1-5H3/q+1. The fourth-order valence-electron chi connectivity index (χ4n) is 2.87. The van der Waals surface area contributed by atoms with Crippen molar-refractivity contribution in [3.8, 4) is 0 Å². The van der Waals surface area contributed by atoms with Gasteiger partial charge in [0.15, 0.2) is 0 Å². The van der Waals surface area contributed by atoms with Gasteiger partial charge in [-0.3, -0.25) is 0 Å². The van der Waals surface area contributed by atoms with Crippen molar-refractivity contribution in [3.63, 3.8) is 0 Å². The lowest BCUT2D eigenvalue weighted by atomic mass is 10.3. The third kappa shape index (κ3) is 4.11. The van der Waals surface area contributed by atoms with Gasteiger partial charge in [-0.25, -0.2) is 0 Å². The molecule has 1 heteroatoms. The summed E-state index contributed by atoms with van der Waals surface area (Å²) in [6, 6.07) is 11.3. The third-order valence-corrected chi connectivity index (χ3v) is 8.80. The number of hydrogen-bond acceptors (Lipinski definition) is 0. The Labute approximate surface area is 108 Å². The van der Waals surface area contributed by atoms with Crippen molar-refractivity contribution in [3.05, 3.63) is 30.3 Å². The van der Waals surface area contributed by atoms with Crippen LogP contribution in [0.3, 0.4) is 0 Å². The molecule has 0 unspecified atom stereocenters. The van der Waals surface area contributed by atoms with Crippen LogP contribution in [-0.4, -0.2) is 18.5 Å². The number of hydrogen-bond donors (Lipinski definition) is 0. The molecule has 0 amide bonds. The van der Waals surface area contributed by atoms with Crippen LogP contribution in [0.5, 0.6) is 0 Å². The van der Waals surface area contributed by atoms with Crippen LogP contribution in [0, 0.1) is 11.8 Å². The summed E-state index contributed by atoms with van der Waals surface area (Å²) >= 11 is 0. The van der Waals surface area contributed by atoms with Crippen LogP contribution >= 0.6 is 7.26 Å². The van der Waals surface area contributed by atoms with Crippen molar-refractivity contribution in [2.24, 2.45) is 11.8 Å². The summed E-state index contributed by atoms with van der Waals surface area (Å²) < 4.78 is 0. The average molecular weight is 251 g/mol. The van der Waals surface area contributed by atoms with Crippen LogP contribution in [0.1, 0.15) is 34.6 Å². The molecule has 96 valence electrons. The molecule has 0 fully saturated rings. The number of rotatable bonds is 6. The van der Waals surface area contributed by atoms with Gasteiger partial charge in [0.25, 0.3) is 0 Å². The molecule has 0 aliphatic rings. The van der Waals surface area contributed by atoms with E-state index in [2.05, 4.69) is 65.0 Å². The van der Waals surface area contributed by atoms with Gasteiger partial charge in [0.2, 0.25) is 0 Å². The van der Waals surface area contributed by atoms with Gasteiger partial charge in [0.1, 0.15) is 0 Å². The molecular formula is C16H28P+. The lowest BCUT2D eigenvalue weighted by Crippen LogP contribution is -2.24. The van der Waals surface area contributed by atoms with E-state index in [9.17, 15) is 0 Å². The van der Waals surface area contributed by atoms with E-state index < -0.39 is 7.26 Å². The monoisotopic (exact) mass is 251 g/mol. The highest BCUT2D eigenvalue weighted by molar-refractivity contribution is 7.82. The Morgan fingerprint density at radius 2 is 1.35 bits per heavy atom. The quantitative estimate of drug-likeness (QED) is 0.645. The molecule has 0 bridgehead atoms. The van der Waals surface area contributed by atoms with Gasteiger partial charge < -0.3 is 0 Å². The predicted molar refractivity (Wildman–Crippen MR) is 82.9 cm³/mol. The fourth-order valence-corrected chi connectivity index (χ4v) is 7.92. The summed E-state index contributed by atoms with van der Waals surface area (Å²) in [5.74, 6) is 1.62. The SMILES string of the molecule is CC[P+](CC(C)C)(CC(C)C)c1ccccc1. The van der Waals surface area contributed by atoms with E-state index in [-0.39, 0.29) is 0 Å². The largest absolute Gasteiger partial charge is 0.0939 e. The first-order valence-corrected chi connectivity index (χ1v) is 9.26. The van der Waals surface area contributed by atoms with Crippen LogP contribution in [0.15, 0.2) is 30.3 Å². The molecule has 1 rings (SSSR count). The highest BCUT2D eigenvalue weighted by Crippen LogP contribution is 2.59. The van der Waals surface area contributed by atoms with Crippen molar-refractivity contribution in [2.75, 3.05) is 18.5 Å². The lowest BCUT2D eigenvalue weighted by molar-refractivity contribution is 0.713. The molecule has 0 saturated heterocycles. The van der Waals surface area contributed by atoms with Crippen LogP contribution in [0.2, 0.25) is 0 Å². The fraction of sp³-hybridized carbons (Fsp3) is 0.625. The molecule has 0 saturated carbocycles. The number of benzene rings is 1. The molecule has 0 aliphatic heterocycles. The van der Waals surface area contributed by atoms with Crippen LogP contribution < -0.4 is 5.30 Å². The van der Waals surface area contributed by atoms with Gasteiger partial charge >= 0.3 is 0 Å². The molecule has 0 nitrogen and oxygen atoms in total. The molecule has 17 heavy (non-hydrogen) atoms. The molecule has 0 spiro atoms. The normalized spacial score (nSPS) is 12.4. The lowest BCUT2D eigenvalue weighted by Gasteiger charge is -2.29. The Morgan fingerprint density at radius 3 is 1.71 bits per heavy atom. The first-order chi connectivity index (χ1) is 8.00. The molecule has 1 aromatic carbocycles. The summed E-state index contributed by atoms with van der Waals surface area (Å²) in [5, 5.41) is 1.64. The van der Waals surface area contributed by atoms with E-state index in [1.54, 1.807) is 5.30 Å². The minimum Gasteiger partial charge on any atom is -0.0620 e. The van der Waals surface area contributed by atoms with Gasteiger partial charge in [-0.2, -0.15) is 0 Å². The molecule has 0 atom stereocenters. The Hall–Kier alpha value is -0.350. The molecule has 0 radical (unpaired) electrons. The van der Waals surface area contributed by atoms with E-state index in [0.29, 0.717) is 0 Å². The topological polar surface area (TPSA) is 0 Å². The van der Waals surface area contributed by atoms with Gasteiger partial charge in [-0.05, 0) is 30.9 Å². The zero-order valence-electron chi connectivity index (χ0n) is 12.1. The first kappa shape index (κ1) is 14.7. The van der Waals surface area contributed by atoms with Crippen molar-refractivity contribution >= 4 is 12.6 Å². The second-order valence-corrected chi connectivity index (χ2v) is 10.1. The minimum absolute atomic E-state index is 0.808. The summed E-state index contributed by atoms with van der Waals surface area (Å²) in [7, 11) is -0.942. The molecular weight excluding hydrogens is 223 g/mol. The summed E-state index contributed by atoms with van der Waals surface area (Å²) in [6.45, 7) is 11.9. The molecule has 0 aliphatic carbocycles. The second-order valence-electron chi connectivity index (χ2n) is 5.95. The van der Waals surface area contributed by atoms with Crippen molar-refractivity contribution < 1.29 is 0 Å². The first-order valence-electron chi connectivity index (χ1n) is 6.92. The van der Waals surface area contributed by atoms with E-state index in [1.165, 1.54) is 18.5 Å². The van der Waals surface area contributed by atoms with Gasteiger partial charge in [0, 0.05) is 7.26 Å². The van der Waals surface area contributed by atoms with Crippen molar-refractivity contribution in [2.45, 2.75) is 34.6 Å². The van der Waals surface area contributed by atoms with Crippen LogP contribution in [0.25, 0.3) is 0 Å². The van der Waals surface area contributed by atoms with Crippen molar-refractivity contribution in [1.29, 1.82) is 0 Å². The highest BCUT2D eigenvalue weighted by atomic mass is 31.2. The second kappa shape index (κ2) is 6.55. The zero-order valence-corrected chi connectivity index (χ0v) is 13.0. The predicted octanol–water partition coefficient (Wildman–Crippen LogP) is 4.66. The maximum Gasteiger partial charge on any atom is 0.0939 e. The van der Waals surface area contributed by atoms with Crippen LogP contribution in [0.4, 0.5) is 0 Å². The summed E-state index contributed by atoms with van der Waals surface area (Å²) in [5.41, 5.74) is 0. The van der Waals surface area contributed by atoms with E-state index in [4.69, 9.17) is 0 Å². The Kier molecular flexibility index (Phi) is 5.67. The van der Waals surface area contributed by atoms with E-state index in [1.807, 2.05) is 0 Å². The highest BCUT2D eigenvalue weighted by Gasteiger charge is 2.39. The average Bonchev–Trinajstić information content (AvgIpc) is 2.28. The summed E-state index contributed by atoms with van der Waals surface area (Å²) in [4.78, 5) is 0. The van der Waals surface area contributed by atoms with Crippen LogP contribution in [-0.2, 0) is 0 Å². The Bertz CT molecular complexity index is 304. The van der Waals surface area contributed by atoms with E-state index >= 15 is 0 Å². The Balaban J connectivity index is 3.06. The van der Waals surface area contributed by atoms with Gasteiger partial charge in [-0.1, -0.05) is 45.9 Å². The molecule has 0 heterocycles. The minimum atomic E-state index is -0.942.